The number of ether oxygens (including phenoxy) is 1. The first-order valence-electron chi connectivity index (χ1n) is 6.90. The van der Waals surface area contributed by atoms with Gasteiger partial charge in [-0.1, -0.05) is 6.42 Å². The number of hydrogen-bond acceptors (Lipinski definition) is 5. The molecule has 1 saturated carbocycles. The number of aromatic nitrogens is 2. The van der Waals surface area contributed by atoms with Crippen LogP contribution in [0.5, 0.6) is 5.88 Å². The largest absolute Gasteiger partial charge is 0.475 e. The molecule has 2 rings (SSSR count). The third-order valence-electron chi connectivity index (χ3n) is 3.26. The lowest BCUT2D eigenvalue weighted by atomic mass is 10.2. The molecule has 106 valence electrons. The molecule has 0 aliphatic heterocycles. The normalized spacial score (nSPS) is 22.8. The minimum absolute atomic E-state index is 0.132. The number of aryl methyl sites for hydroxylation is 1. The van der Waals surface area contributed by atoms with Crippen LogP contribution in [0.15, 0.2) is 6.07 Å². The van der Waals surface area contributed by atoms with Gasteiger partial charge < -0.3 is 10.1 Å². The smallest absolute Gasteiger partial charge is 0.226 e. The van der Waals surface area contributed by atoms with E-state index in [0.29, 0.717) is 23.1 Å². The Morgan fingerprint density at radius 1 is 1.37 bits per heavy atom. The van der Waals surface area contributed by atoms with E-state index in [1.165, 1.54) is 19.3 Å². The van der Waals surface area contributed by atoms with E-state index in [2.05, 4.69) is 21.5 Å². The molecule has 0 saturated heterocycles. The van der Waals surface area contributed by atoms with Crippen LogP contribution in [-0.2, 0) is 0 Å². The lowest BCUT2D eigenvalue weighted by Crippen LogP contribution is -2.27. The predicted molar refractivity (Wildman–Crippen MR) is 81.1 cm³/mol. The van der Waals surface area contributed by atoms with Crippen LogP contribution in [0.3, 0.4) is 0 Å². The Balaban J connectivity index is 2.09. The van der Waals surface area contributed by atoms with Crippen LogP contribution in [0.1, 0.15) is 38.8 Å². The summed E-state index contributed by atoms with van der Waals surface area (Å²) < 4.78 is 5.66. The van der Waals surface area contributed by atoms with Gasteiger partial charge in [0.2, 0.25) is 11.8 Å². The number of thioether (sulfide) groups is 1. The molecule has 1 aliphatic rings. The average Bonchev–Trinajstić information content (AvgIpc) is 2.74. The maximum absolute atomic E-state index is 5.66. The van der Waals surface area contributed by atoms with Gasteiger partial charge in [-0.3, -0.25) is 0 Å². The topological polar surface area (TPSA) is 47.0 Å². The van der Waals surface area contributed by atoms with Crippen LogP contribution in [-0.4, -0.2) is 33.6 Å². The Morgan fingerprint density at radius 3 is 2.84 bits per heavy atom. The van der Waals surface area contributed by atoms with E-state index < -0.39 is 0 Å². The van der Waals surface area contributed by atoms with Crippen molar-refractivity contribution in [2.24, 2.45) is 0 Å². The lowest BCUT2D eigenvalue weighted by Gasteiger charge is -2.19. The highest BCUT2D eigenvalue weighted by Crippen LogP contribution is 2.30. The predicted octanol–water partition coefficient (Wildman–Crippen LogP) is 3.27. The van der Waals surface area contributed by atoms with E-state index in [-0.39, 0.29) is 6.10 Å². The summed E-state index contributed by atoms with van der Waals surface area (Å²) in [5, 5.41) is 4.14. The monoisotopic (exact) mass is 281 g/mol. The van der Waals surface area contributed by atoms with Crippen molar-refractivity contribution in [3.8, 4) is 5.88 Å². The minimum Gasteiger partial charge on any atom is -0.475 e. The molecule has 1 fully saturated rings. The average molecular weight is 281 g/mol. The lowest BCUT2D eigenvalue weighted by molar-refractivity contribution is 0.232. The van der Waals surface area contributed by atoms with E-state index in [4.69, 9.17) is 4.74 Å². The van der Waals surface area contributed by atoms with E-state index in [0.717, 1.165) is 5.69 Å². The van der Waals surface area contributed by atoms with Crippen LogP contribution in [0.25, 0.3) is 0 Å². The van der Waals surface area contributed by atoms with Gasteiger partial charge in [0.15, 0.2) is 0 Å². The Bertz CT molecular complexity index is 425. The Labute approximate surface area is 119 Å². The van der Waals surface area contributed by atoms with Crippen LogP contribution in [0, 0.1) is 6.92 Å². The number of hydrogen-bond donors (Lipinski definition) is 1. The van der Waals surface area contributed by atoms with Crippen molar-refractivity contribution in [2.45, 2.75) is 57.4 Å². The van der Waals surface area contributed by atoms with Crippen molar-refractivity contribution in [3.63, 3.8) is 0 Å². The van der Waals surface area contributed by atoms with Gasteiger partial charge in [-0.25, -0.2) is 4.98 Å². The fourth-order valence-electron chi connectivity index (χ4n) is 2.45. The van der Waals surface area contributed by atoms with Crippen LogP contribution in [0.2, 0.25) is 0 Å². The first-order chi connectivity index (χ1) is 9.08. The van der Waals surface area contributed by atoms with Gasteiger partial charge in [-0.15, -0.1) is 0 Å². The highest BCUT2D eigenvalue weighted by Gasteiger charge is 2.27. The van der Waals surface area contributed by atoms with E-state index >= 15 is 0 Å². The molecule has 1 aliphatic carbocycles. The van der Waals surface area contributed by atoms with Gasteiger partial charge in [0.25, 0.3) is 0 Å². The second-order valence-corrected chi connectivity index (χ2v) is 6.37. The van der Waals surface area contributed by atoms with E-state index in [9.17, 15) is 0 Å². The molecular weight excluding hydrogens is 258 g/mol. The summed E-state index contributed by atoms with van der Waals surface area (Å²) in [5.41, 5.74) is 0.937. The molecule has 1 aromatic heterocycles. The fourth-order valence-corrected chi connectivity index (χ4v) is 3.38. The highest BCUT2D eigenvalue weighted by molar-refractivity contribution is 7.99. The summed E-state index contributed by atoms with van der Waals surface area (Å²) in [6.45, 7) is 5.98. The molecule has 0 spiro atoms. The van der Waals surface area contributed by atoms with Crippen LogP contribution < -0.4 is 10.1 Å². The van der Waals surface area contributed by atoms with Crippen LogP contribution in [0.4, 0.5) is 5.95 Å². The Kier molecular flexibility index (Phi) is 4.91. The molecule has 0 amide bonds. The van der Waals surface area contributed by atoms with Crippen molar-refractivity contribution in [2.75, 3.05) is 11.6 Å². The third-order valence-corrected chi connectivity index (χ3v) is 4.43. The number of nitrogens with one attached hydrogen (secondary N) is 1. The van der Waals surface area contributed by atoms with Gasteiger partial charge in [-0.2, -0.15) is 16.7 Å². The molecule has 4 nitrogen and oxygen atoms in total. The van der Waals surface area contributed by atoms with Gasteiger partial charge in [0.1, 0.15) is 0 Å². The fraction of sp³-hybridized carbons (Fsp3) is 0.714. The maximum atomic E-state index is 5.66. The summed E-state index contributed by atoms with van der Waals surface area (Å²) >= 11 is 1.93. The zero-order valence-corrected chi connectivity index (χ0v) is 13.0. The molecular formula is C14H23N3OS. The zero-order valence-electron chi connectivity index (χ0n) is 12.1. The summed E-state index contributed by atoms with van der Waals surface area (Å²) in [6.07, 6.45) is 6.07. The molecule has 2 unspecified atom stereocenters. The molecule has 1 aromatic rings. The standard InChI is InChI=1S/C14H23N3OS/c1-9(2)18-13-8-10(3)15-14(17-13)16-11-6-5-7-12(11)19-4/h8-9,11-12H,5-7H2,1-4H3,(H,15,16,17). The molecule has 0 bridgehead atoms. The summed E-state index contributed by atoms with van der Waals surface area (Å²) in [5.74, 6) is 1.35. The number of rotatable bonds is 5. The van der Waals surface area contributed by atoms with Gasteiger partial charge in [0, 0.05) is 23.1 Å². The third kappa shape index (κ3) is 4.00. The minimum atomic E-state index is 0.132. The number of nitrogens with zero attached hydrogens (tertiary/aromatic N) is 2. The van der Waals surface area contributed by atoms with Crippen molar-refractivity contribution >= 4 is 17.7 Å². The quantitative estimate of drug-likeness (QED) is 0.897. The van der Waals surface area contributed by atoms with Crippen molar-refractivity contribution in [1.29, 1.82) is 0 Å². The zero-order chi connectivity index (χ0) is 13.8. The first-order valence-corrected chi connectivity index (χ1v) is 8.19. The molecule has 0 radical (unpaired) electrons. The van der Waals surface area contributed by atoms with Gasteiger partial charge in [0.05, 0.1) is 6.10 Å². The summed E-state index contributed by atoms with van der Waals surface area (Å²) in [7, 11) is 0. The number of anilines is 1. The van der Waals surface area contributed by atoms with E-state index in [1.54, 1.807) is 0 Å². The molecule has 2 atom stereocenters. The van der Waals surface area contributed by atoms with Crippen molar-refractivity contribution in [1.82, 2.24) is 9.97 Å². The second-order valence-electron chi connectivity index (χ2n) is 5.29. The van der Waals surface area contributed by atoms with Gasteiger partial charge in [-0.05, 0) is 39.9 Å². The molecule has 1 heterocycles. The maximum Gasteiger partial charge on any atom is 0.226 e. The highest BCUT2D eigenvalue weighted by atomic mass is 32.2. The Morgan fingerprint density at radius 2 is 2.16 bits per heavy atom. The van der Waals surface area contributed by atoms with Crippen LogP contribution >= 0.6 is 11.8 Å². The van der Waals surface area contributed by atoms with Crippen molar-refractivity contribution in [3.05, 3.63) is 11.8 Å². The summed E-state index contributed by atoms with van der Waals surface area (Å²) in [4.78, 5) is 8.91. The van der Waals surface area contributed by atoms with E-state index in [1.807, 2.05) is 38.6 Å². The van der Waals surface area contributed by atoms with Crippen molar-refractivity contribution < 1.29 is 4.74 Å². The Hall–Kier alpha value is -0.970. The molecule has 1 N–H and O–H groups in total. The SMILES string of the molecule is CSC1CCCC1Nc1nc(C)cc(OC(C)C)n1. The first kappa shape index (κ1) is 14.4. The second kappa shape index (κ2) is 6.46. The summed E-state index contributed by atoms with van der Waals surface area (Å²) in [6, 6.07) is 2.36. The van der Waals surface area contributed by atoms with Gasteiger partial charge >= 0.3 is 0 Å². The molecule has 19 heavy (non-hydrogen) atoms. The molecule has 5 heteroatoms. The molecule has 0 aromatic carbocycles.